The van der Waals surface area contributed by atoms with E-state index in [2.05, 4.69) is 27.4 Å². The Balaban J connectivity index is 3.51. The van der Waals surface area contributed by atoms with Gasteiger partial charge in [0.2, 0.25) is 0 Å². The van der Waals surface area contributed by atoms with Crippen LogP contribution in [-0.2, 0) is 14.3 Å². The van der Waals surface area contributed by atoms with Crippen LogP contribution in [-0.4, -0.2) is 24.8 Å². The van der Waals surface area contributed by atoms with E-state index in [0.29, 0.717) is 6.61 Å². The van der Waals surface area contributed by atoms with Crippen molar-refractivity contribution in [1.82, 2.24) is 0 Å². The molecule has 0 aliphatic rings. The fourth-order valence-corrected chi connectivity index (χ4v) is 1.45. The van der Waals surface area contributed by atoms with Crippen LogP contribution >= 0.6 is 0 Å². The molecular formula is C14H26O3. The van der Waals surface area contributed by atoms with Gasteiger partial charge in [-0.25, -0.2) is 4.79 Å². The summed E-state index contributed by atoms with van der Waals surface area (Å²) < 4.78 is 10.7. The third-order valence-corrected chi connectivity index (χ3v) is 2.57. The van der Waals surface area contributed by atoms with Crippen LogP contribution in [0.5, 0.6) is 0 Å². The molecule has 0 saturated carbocycles. The number of ether oxygens (including phenoxy) is 2. The van der Waals surface area contributed by atoms with E-state index in [0.717, 1.165) is 38.7 Å². The van der Waals surface area contributed by atoms with Crippen LogP contribution in [0.25, 0.3) is 0 Å². The van der Waals surface area contributed by atoms with Crippen LogP contribution in [0.15, 0.2) is 12.7 Å². The van der Waals surface area contributed by atoms with Gasteiger partial charge < -0.3 is 9.47 Å². The molecule has 0 radical (unpaired) electrons. The van der Waals surface area contributed by atoms with Crippen molar-refractivity contribution in [2.45, 2.75) is 58.5 Å². The molecule has 0 N–H and O–H groups in total. The van der Waals surface area contributed by atoms with Crippen molar-refractivity contribution in [3.05, 3.63) is 12.7 Å². The van der Waals surface area contributed by atoms with Gasteiger partial charge in [0.1, 0.15) is 0 Å². The highest BCUT2D eigenvalue weighted by molar-refractivity contribution is 5.81. The molecule has 0 aromatic carbocycles. The van der Waals surface area contributed by atoms with Crippen molar-refractivity contribution in [3.63, 3.8) is 0 Å². The minimum Gasteiger partial charge on any atom is -0.463 e. The van der Waals surface area contributed by atoms with Gasteiger partial charge in [0, 0.05) is 12.7 Å². The Labute approximate surface area is 105 Å². The number of carbonyl (C=O) groups excluding carboxylic acids is 1. The summed E-state index contributed by atoms with van der Waals surface area (Å²) in [5.74, 6) is -0.344. The zero-order chi connectivity index (χ0) is 13.1. The third-order valence-electron chi connectivity index (χ3n) is 2.57. The van der Waals surface area contributed by atoms with Gasteiger partial charge in [0.05, 0.1) is 12.2 Å². The number of hydrogen-bond donors (Lipinski definition) is 0. The molecule has 0 unspecified atom stereocenters. The van der Waals surface area contributed by atoms with Gasteiger partial charge in [0.15, 0.2) is 0 Å². The molecule has 100 valence electrons. The van der Waals surface area contributed by atoms with E-state index in [9.17, 15) is 4.79 Å². The van der Waals surface area contributed by atoms with E-state index >= 15 is 0 Å². The first-order chi connectivity index (χ1) is 8.02. The Morgan fingerprint density at radius 1 is 1.24 bits per heavy atom. The second kappa shape index (κ2) is 9.23. The lowest BCUT2D eigenvalue weighted by molar-refractivity contribution is -0.137. The second-order valence-corrected chi connectivity index (χ2v) is 4.79. The predicted octanol–water partition coefficient (Wildman–Crippen LogP) is 3.48. The van der Waals surface area contributed by atoms with E-state index in [1.165, 1.54) is 6.08 Å². The van der Waals surface area contributed by atoms with Crippen molar-refractivity contribution in [2.75, 3.05) is 13.2 Å². The Bertz CT molecular complexity index is 222. The molecular weight excluding hydrogens is 216 g/mol. The van der Waals surface area contributed by atoms with E-state index in [-0.39, 0.29) is 11.6 Å². The summed E-state index contributed by atoms with van der Waals surface area (Å²) in [6.07, 6.45) is 6.33. The molecule has 0 aromatic heterocycles. The standard InChI is InChI=1S/C14H26O3/c1-5-7-12-17-14(3,4)10-8-9-11-16-13(15)6-2/h6H,2,5,7-12H2,1,3-4H3. The minimum absolute atomic E-state index is 0.0718. The first-order valence-electron chi connectivity index (χ1n) is 6.45. The van der Waals surface area contributed by atoms with Crippen LogP contribution in [0.2, 0.25) is 0 Å². The van der Waals surface area contributed by atoms with Crippen LogP contribution in [0.1, 0.15) is 52.9 Å². The summed E-state index contributed by atoms with van der Waals surface area (Å²) >= 11 is 0. The molecule has 0 spiro atoms. The summed E-state index contributed by atoms with van der Waals surface area (Å²) in [4.78, 5) is 10.8. The van der Waals surface area contributed by atoms with Crippen LogP contribution < -0.4 is 0 Å². The highest BCUT2D eigenvalue weighted by Crippen LogP contribution is 2.18. The average Bonchev–Trinajstić information content (AvgIpc) is 2.28. The first kappa shape index (κ1) is 16.2. The van der Waals surface area contributed by atoms with Crippen molar-refractivity contribution in [3.8, 4) is 0 Å². The SMILES string of the molecule is C=CC(=O)OCCCCC(C)(C)OCCCC. The highest BCUT2D eigenvalue weighted by Gasteiger charge is 2.17. The lowest BCUT2D eigenvalue weighted by Gasteiger charge is -2.25. The van der Waals surface area contributed by atoms with Crippen LogP contribution in [0.4, 0.5) is 0 Å². The molecule has 0 atom stereocenters. The quantitative estimate of drug-likeness (QED) is 0.334. The maximum Gasteiger partial charge on any atom is 0.330 e. The minimum atomic E-state index is -0.344. The smallest absolute Gasteiger partial charge is 0.330 e. The summed E-state index contributed by atoms with van der Waals surface area (Å²) in [5.41, 5.74) is -0.0718. The van der Waals surface area contributed by atoms with Crippen LogP contribution in [0, 0.1) is 0 Å². The van der Waals surface area contributed by atoms with Gasteiger partial charge in [-0.15, -0.1) is 0 Å². The maximum absolute atomic E-state index is 10.8. The first-order valence-corrected chi connectivity index (χ1v) is 6.45. The lowest BCUT2D eigenvalue weighted by Crippen LogP contribution is -2.25. The Hall–Kier alpha value is -0.830. The molecule has 3 nitrogen and oxygen atoms in total. The fraction of sp³-hybridized carbons (Fsp3) is 0.786. The van der Waals surface area contributed by atoms with Gasteiger partial charge in [-0.05, 0) is 39.5 Å². The van der Waals surface area contributed by atoms with Crippen molar-refractivity contribution < 1.29 is 14.3 Å². The molecule has 0 bridgehead atoms. The fourth-order valence-electron chi connectivity index (χ4n) is 1.45. The molecule has 0 aliphatic heterocycles. The second-order valence-electron chi connectivity index (χ2n) is 4.79. The summed E-state index contributed by atoms with van der Waals surface area (Å²) in [7, 11) is 0. The molecule has 0 amide bonds. The van der Waals surface area contributed by atoms with Gasteiger partial charge in [-0.2, -0.15) is 0 Å². The van der Waals surface area contributed by atoms with E-state index in [4.69, 9.17) is 9.47 Å². The normalized spacial score (nSPS) is 11.2. The monoisotopic (exact) mass is 242 g/mol. The van der Waals surface area contributed by atoms with Crippen molar-refractivity contribution in [1.29, 1.82) is 0 Å². The van der Waals surface area contributed by atoms with E-state index < -0.39 is 0 Å². The largest absolute Gasteiger partial charge is 0.463 e. The molecule has 0 aromatic rings. The Morgan fingerprint density at radius 2 is 1.94 bits per heavy atom. The molecule has 0 saturated heterocycles. The van der Waals surface area contributed by atoms with Gasteiger partial charge in [0.25, 0.3) is 0 Å². The predicted molar refractivity (Wildman–Crippen MR) is 69.9 cm³/mol. The highest BCUT2D eigenvalue weighted by atomic mass is 16.5. The molecule has 0 heterocycles. The van der Waals surface area contributed by atoms with Crippen LogP contribution in [0.3, 0.4) is 0 Å². The average molecular weight is 242 g/mol. The van der Waals surface area contributed by atoms with Crippen molar-refractivity contribution >= 4 is 5.97 Å². The number of esters is 1. The third kappa shape index (κ3) is 10.1. The zero-order valence-corrected chi connectivity index (χ0v) is 11.5. The maximum atomic E-state index is 10.8. The van der Waals surface area contributed by atoms with E-state index in [1.54, 1.807) is 0 Å². The van der Waals surface area contributed by atoms with Gasteiger partial charge in [-0.3, -0.25) is 0 Å². The van der Waals surface area contributed by atoms with Gasteiger partial charge >= 0.3 is 5.97 Å². The summed E-state index contributed by atoms with van der Waals surface area (Å²) in [5, 5.41) is 0. The molecule has 0 fully saturated rings. The summed E-state index contributed by atoms with van der Waals surface area (Å²) in [6.45, 7) is 11.0. The Kier molecular flexibility index (Phi) is 8.78. The number of carbonyl (C=O) groups is 1. The summed E-state index contributed by atoms with van der Waals surface area (Å²) in [6, 6.07) is 0. The molecule has 0 aliphatic carbocycles. The zero-order valence-electron chi connectivity index (χ0n) is 11.5. The van der Waals surface area contributed by atoms with Gasteiger partial charge in [-0.1, -0.05) is 19.9 Å². The number of unbranched alkanes of at least 4 members (excludes halogenated alkanes) is 2. The van der Waals surface area contributed by atoms with Crippen molar-refractivity contribution in [2.24, 2.45) is 0 Å². The lowest BCUT2D eigenvalue weighted by atomic mass is 10.0. The van der Waals surface area contributed by atoms with E-state index in [1.807, 2.05) is 0 Å². The topological polar surface area (TPSA) is 35.5 Å². The number of rotatable bonds is 10. The molecule has 3 heteroatoms. The number of hydrogen-bond acceptors (Lipinski definition) is 3. The molecule has 0 rings (SSSR count). The molecule has 17 heavy (non-hydrogen) atoms. The Morgan fingerprint density at radius 3 is 2.53 bits per heavy atom.